The molecule has 0 spiro atoms. The number of nitriles is 1. The predicted molar refractivity (Wildman–Crippen MR) is 160 cm³/mol. The SMILES string of the molecule is COc1cc(C#N)ccc1COc1ccnc(C23CCN(Cc4nc5c(Cl)cc(C(=O)O)cc5n4CC4CCO4)CC2C3)n1. The fraction of sp³-hybridized carbons (Fsp3) is 0.406. The third kappa shape index (κ3) is 5.23. The van der Waals surface area contributed by atoms with Crippen molar-refractivity contribution in [3.05, 3.63) is 76.0 Å². The van der Waals surface area contributed by atoms with Crippen LogP contribution in [0.4, 0.5) is 0 Å². The predicted octanol–water partition coefficient (Wildman–Crippen LogP) is 4.59. The molecule has 0 bridgehead atoms. The lowest BCUT2D eigenvalue weighted by Crippen LogP contribution is -2.38. The van der Waals surface area contributed by atoms with Gasteiger partial charge in [0.25, 0.3) is 0 Å². The monoisotopic (exact) mass is 614 g/mol. The molecule has 2 aromatic heterocycles. The van der Waals surface area contributed by atoms with Crippen molar-refractivity contribution in [1.82, 2.24) is 24.4 Å². The Balaban J connectivity index is 1.05. The number of likely N-dealkylation sites (tertiary alicyclic amines) is 1. The summed E-state index contributed by atoms with van der Waals surface area (Å²) in [6.07, 6.45) is 4.73. The first-order valence-electron chi connectivity index (χ1n) is 14.7. The molecule has 3 aliphatic rings. The summed E-state index contributed by atoms with van der Waals surface area (Å²) in [5.74, 6) is 2.18. The Morgan fingerprint density at radius 1 is 1.27 bits per heavy atom. The molecule has 2 aromatic carbocycles. The largest absolute Gasteiger partial charge is 0.496 e. The summed E-state index contributed by atoms with van der Waals surface area (Å²) in [6, 6.07) is 12.3. The first-order chi connectivity index (χ1) is 21.4. The van der Waals surface area contributed by atoms with Gasteiger partial charge in [-0.15, -0.1) is 0 Å². The minimum Gasteiger partial charge on any atom is -0.496 e. The molecular weight excluding hydrogens is 584 g/mol. The third-order valence-corrected chi connectivity index (χ3v) is 9.42. The van der Waals surface area contributed by atoms with Gasteiger partial charge in [-0.1, -0.05) is 17.7 Å². The van der Waals surface area contributed by atoms with Crippen molar-refractivity contribution in [2.75, 3.05) is 26.8 Å². The maximum absolute atomic E-state index is 11.7. The van der Waals surface area contributed by atoms with E-state index in [2.05, 4.69) is 20.5 Å². The van der Waals surface area contributed by atoms with Gasteiger partial charge in [-0.05, 0) is 56.0 Å². The molecule has 2 aliphatic heterocycles. The van der Waals surface area contributed by atoms with E-state index in [-0.39, 0.29) is 23.7 Å². The molecular formula is C32H31ClN6O5. The van der Waals surface area contributed by atoms with Crippen LogP contribution in [0.2, 0.25) is 5.02 Å². The van der Waals surface area contributed by atoms with E-state index in [1.807, 2.05) is 6.07 Å². The highest BCUT2D eigenvalue weighted by Gasteiger charge is 2.59. The van der Waals surface area contributed by atoms with Gasteiger partial charge in [-0.25, -0.2) is 14.8 Å². The normalized spacial score (nSPS) is 22.6. The second-order valence-corrected chi connectivity index (χ2v) is 12.1. The van der Waals surface area contributed by atoms with Crippen LogP contribution in [0.15, 0.2) is 42.6 Å². The number of hydrogen-bond acceptors (Lipinski definition) is 9. The van der Waals surface area contributed by atoms with Gasteiger partial charge in [-0.2, -0.15) is 10.2 Å². The molecule has 0 amide bonds. The van der Waals surface area contributed by atoms with Crippen LogP contribution in [-0.2, 0) is 29.8 Å². The number of rotatable bonds is 10. The first-order valence-corrected chi connectivity index (χ1v) is 15.0. The van der Waals surface area contributed by atoms with Gasteiger partial charge in [0.05, 0.1) is 54.0 Å². The van der Waals surface area contributed by atoms with Crippen molar-refractivity contribution in [3.63, 3.8) is 0 Å². The number of hydrogen-bond donors (Lipinski definition) is 1. The van der Waals surface area contributed by atoms with E-state index in [9.17, 15) is 9.90 Å². The molecule has 12 heteroatoms. The summed E-state index contributed by atoms with van der Waals surface area (Å²) in [7, 11) is 1.57. The molecule has 1 N–H and O–H groups in total. The molecule has 44 heavy (non-hydrogen) atoms. The molecule has 4 aromatic rings. The quantitative estimate of drug-likeness (QED) is 0.270. The fourth-order valence-electron chi connectivity index (χ4n) is 6.47. The van der Waals surface area contributed by atoms with Crippen LogP contribution in [0.25, 0.3) is 11.0 Å². The molecule has 3 fully saturated rings. The number of halogens is 1. The molecule has 11 nitrogen and oxygen atoms in total. The Morgan fingerprint density at radius 3 is 2.86 bits per heavy atom. The minimum absolute atomic E-state index is 0.0679. The van der Waals surface area contributed by atoms with Crippen molar-refractivity contribution in [3.8, 4) is 17.7 Å². The van der Waals surface area contributed by atoms with Crippen molar-refractivity contribution in [1.29, 1.82) is 5.26 Å². The fourth-order valence-corrected chi connectivity index (χ4v) is 6.73. The van der Waals surface area contributed by atoms with E-state index in [0.29, 0.717) is 46.7 Å². The molecule has 2 saturated heterocycles. The Kier molecular flexibility index (Phi) is 7.36. The number of ether oxygens (including phenoxy) is 3. The number of carbonyl (C=O) groups is 1. The molecule has 1 aliphatic carbocycles. The number of nitrogens with zero attached hydrogens (tertiary/aromatic N) is 6. The second kappa shape index (κ2) is 11.4. The van der Waals surface area contributed by atoms with E-state index < -0.39 is 5.97 Å². The summed E-state index contributed by atoms with van der Waals surface area (Å²) in [6.45, 7) is 3.98. The van der Waals surface area contributed by atoms with E-state index in [1.54, 1.807) is 37.6 Å². The Morgan fingerprint density at radius 2 is 2.14 bits per heavy atom. The number of fused-ring (bicyclic) bond motifs is 2. The number of imidazole rings is 1. The number of methoxy groups -OCH3 is 1. The molecule has 226 valence electrons. The zero-order chi connectivity index (χ0) is 30.4. The number of aromatic carboxylic acids is 1. The summed E-state index contributed by atoms with van der Waals surface area (Å²) >= 11 is 6.51. The number of piperidine rings is 1. The van der Waals surface area contributed by atoms with Crippen molar-refractivity contribution < 1.29 is 24.1 Å². The van der Waals surface area contributed by atoms with Gasteiger partial charge in [0.15, 0.2) is 0 Å². The van der Waals surface area contributed by atoms with Crippen LogP contribution in [-0.4, -0.2) is 68.4 Å². The number of aromatic nitrogens is 4. The number of carboxylic acids is 1. The number of benzene rings is 2. The zero-order valence-corrected chi connectivity index (χ0v) is 25.0. The molecule has 0 radical (unpaired) electrons. The average molecular weight is 615 g/mol. The molecule has 7 rings (SSSR count). The van der Waals surface area contributed by atoms with Crippen LogP contribution in [0.1, 0.15) is 52.4 Å². The van der Waals surface area contributed by atoms with E-state index >= 15 is 0 Å². The topological polar surface area (TPSA) is 136 Å². The molecule has 1 saturated carbocycles. The van der Waals surface area contributed by atoms with E-state index in [4.69, 9.17) is 41.0 Å². The standard InChI is InChI=1S/C32H31ClN6O5/c1-42-26-10-19(14-34)2-3-20(26)18-44-28-4-7-35-31(37-28)32-6-8-38(15-22(32)13-32)17-27-36-29-24(33)11-21(30(40)41)12-25(29)39(27)16-23-5-9-43-23/h2-4,7,10-12,22-23H,5-6,8-9,13,15-18H2,1H3,(H,40,41). The van der Waals surface area contributed by atoms with Gasteiger partial charge in [-0.3, -0.25) is 4.90 Å². The van der Waals surface area contributed by atoms with Crippen LogP contribution in [0.5, 0.6) is 11.6 Å². The smallest absolute Gasteiger partial charge is 0.335 e. The average Bonchev–Trinajstić information content (AvgIpc) is 3.65. The minimum atomic E-state index is -1.02. The summed E-state index contributed by atoms with van der Waals surface area (Å²) < 4.78 is 19.3. The van der Waals surface area contributed by atoms with Crippen LogP contribution in [0, 0.1) is 17.2 Å². The summed E-state index contributed by atoms with van der Waals surface area (Å²) in [5, 5.41) is 19.1. The summed E-state index contributed by atoms with van der Waals surface area (Å²) in [4.78, 5) is 28.5. The maximum atomic E-state index is 11.7. The highest BCUT2D eigenvalue weighted by atomic mass is 35.5. The van der Waals surface area contributed by atoms with Gasteiger partial charge < -0.3 is 23.9 Å². The van der Waals surface area contributed by atoms with Crippen molar-refractivity contribution in [2.24, 2.45) is 5.92 Å². The van der Waals surface area contributed by atoms with E-state index in [0.717, 1.165) is 61.7 Å². The summed E-state index contributed by atoms with van der Waals surface area (Å²) in [5.41, 5.74) is 2.78. The number of carboxylic acid groups (broad SMARTS) is 1. The highest BCUT2D eigenvalue weighted by molar-refractivity contribution is 6.35. The Labute approximate surface area is 259 Å². The lowest BCUT2D eigenvalue weighted by atomic mass is 9.94. The highest BCUT2D eigenvalue weighted by Crippen LogP contribution is 2.58. The Hall–Kier alpha value is -4.24. The van der Waals surface area contributed by atoms with Crippen molar-refractivity contribution in [2.45, 2.75) is 50.5 Å². The van der Waals surface area contributed by atoms with Crippen LogP contribution in [0.3, 0.4) is 0 Å². The second-order valence-electron chi connectivity index (χ2n) is 11.7. The van der Waals surface area contributed by atoms with Crippen LogP contribution >= 0.6 is 11.6 Å². The van der Waals surface area contributed by atoms with Gasteiger partial charge in [0.2, 0.25) is 5.88 Å². The van der Waals surface area contributed by atoms with E-state index in [1.165, 1.54) is 6.07 Å². The van der Waals surface area contributed by atoms with Gasteiger partial charge in [0.1, 0.15) is 29.5 Å². The van der Waals surface area contributed by atoms with Gasteiger partial charge in [0, 0.05) is 36.4 Å². The maximum Gasteiger partial charge on any atom is 0.335 e. The lowest BCUT2D eigenvalue weighted by Gasteiger charge is -2.31. The Bertz CT molecular complexity index is 1800. The molecule has 3 atom stereocenters. The zero-order valence-electron chi connectivity index (χ0n) is 24.2. The van der Waals surface area contributed by atoms with Crippen molar-refractivity contribution >= 4 is 28.6 Å². The molecule has 3 unspecified atom stereocenters. The lowest BCUT2D eigenvalue weighted by molar-refractivity contribution is -0.0592. The molecule has 4 heterocycles. The first kappa shape index (κ1) is 28.5. The third-order valence-electron chi connectivity index (χ3n) is 9.13. The van der Waals surface area contributed by atoms with Gasteiger partial charge >= 0.3 is 5.97 Å². The van der Waals surface area contributed by atoms with Crippen LogP contribution < -0.4 is 9.47 Å².